The highest BCUT2D eigenvalue weighted by Gasteiger charge is 2.17. The van der Waals surface area contributed by atoms with Crippen molar-refractivity contribution in [1.29, 1.82) is 0 Å². The number of hydrogen-bond donors (Lipinski definition) is 1. The van der Waals surface area contributed by atoms with E-state index in [1.54, 1.807) is 0 Å². The van der Waals surface area contributed by atoms with Gasteiger partial charge in [0.2, 0.25) is 0 Å². The van der Waals surface area contributed by atoms with E-state index < -0.39 is 28.0 Å². The van der Waals surface area contributed by atoms with Crippen molar-refractivity contribution in [2.75, 3.05) is 19.7 Å². The molecule has 5 nitrogen and oxygen atoms in total. The highest BCUT2D eigenvalue weighted by atomic mass is 19.1. The molecule has 0 radical (unpaired) electrons. The Morgan fingerprint density at radius 2 is 2.00 bits per heavy atom. The molecule has 1 rings (SSSR count). The number of likely N-dealkylation sites (N-methyl/N-ethyl adjacent to an activating group) is 1. The summed E-state index contributed by atoms with van der Waals surface area (Å²) in [4.78, 5) is 9.47. The molecule has 0 aromatic heterocycles. The maximum atomic E-state index is 13.3. The Balaban J connectivity index is 2.76. The van der Waals surface area contributed by atoms with E-state index in [2.05, 4.69) is 5.32 Å². The van der Waals surface area contributed by atoms with Gasteiger partial charge in [0, 0.05) is 6.54 Å². The predicted molar refractivity (Wildman–Crippen MR) is 57.1 cm³/mol. The molecule has 0 fully saturated rings. The van der Waals surface area contributed by atoms with Crippen molar-refractivity contribution in [2.45, 2.75) is 6.92 Å². The van der Waals surface area contributed by atoms with Gasteiger partial charge >= 0.3 is 0 Å². The number of nitro benzene ring substituents is 1. The number of non-ortho nitro benzene ring substituents is 1. The summed E-state index contributed by atoms with van der Waals surface area (Å²) < 4.78 is 31.5. The Hall–Kier alpha value is -1.76. The van der Waals surface area contributed by atoms with Gasteiger partial charge in [0.05, 0.1) is 17.1 Å². The zero-order chi connectivity index (χ0) is 12.8. The summed E-state index contributed by atoms with van der Waals surface area (Å²) in [6.45, 7) is 3.12. The monoisotopic (exact) mass is 246 g/mol. The van der Waals surface area contributed by atoms with Gasteiger partial charge in [-0.2, -0.15) is 0 Å². The summed E-state index contributed by atoms with van der Waals surface area (Å²) in [7, 11) is 0. The topological polar surface area (TPSA) is 64.4 Å². The van der Waals surface area contributed by atoms with E-state index in [0.29, 0.717) is 25.2 Å². The standard InChI is InChI=1S/C10H12F2N2O3/c1-2-13-3-4-17-10-8(11)5-7(14(15)16)6-9(10)12/h5-6,13H,2-4H2,1H3. The summed E-state index contributed by atoms with van der Waals surface area (Å²) in [5.41, 5.74) is -0.640. The van der Waals surface area contributed by atoms with Crippen LogP contribution in [0.5, 0.6) is 5.75 Å². The van der Waals surface area contributed by atoms with Crippen molar-refractivity contribution in [3.63, 3.8) is 0 Å². The number of benzene rings is 1. The molecule has 0 aliphatic carbocycles. The van der Waals surface area contributed by atoms with Crippen LogP contribution in [0.1, 0.15) is 6.92 Å². The smallest absolute Gasteiger partial charge is 0.275 e. The van der Waals surface area contributed by atoms with Gasteiger partial charge < -0.3 is 10.1 Å². The lowest BCUT2D eigenvalue weighted by Crippen LogP contribution is -2.20. The zero-order valence-corrected chi connectivity index (χ0v) is 9.20. The molecule has 0 heterocycles. The second kappa shape index (κ2) is 6.09. The lowest BCUT2D eigenvalue weighted by atomic mass is 10.3. The lowest BCUT2D eigenvalue weighted by molar-refractivity contribution is -0.385. The van der Waals surface area contributed by atoms with Gasteiger partial charge in [-0.25, -0.2) is 8.78 Å². The largest absolute Gasteiger partial charge is 0.486 e. The summed E-state index contributed by atoms with van der Waals surface area (Å²) in [6.07, 6.45) is 0. The molecular weight excluding hydrogens is 234 g/mol. The average Bonchev–Trinajstić information content (AvgIpc) is 2.26. The molecule has 1 aromatic rings. The second-order valence-corrected chi connectivity index (χ2v) is 3.20. The number of ether oxygens (including phenoxy) is 1. The number of nitrogens with one attached hydrogen (secondary N) is 1. The first kappa shape index (κ1) is 13.3. The Labute approximate surface area is 96.5 Å². The van der Waals surface area contributed by atoms with E-state index in [9.17, 15) is 18.9 Å². The van der Waals surface area contributed by atoms with Crippen LogP contribution in [0.2, 0.25) is 0 Å². The van der Waals surface area contributed by atoms with Crippen molar-refractivity contribution < 1.29 is 18.4 Å². The normalized spacial score (nSPS) is 10.3. The first-order valence-corrected chi connectivity index (χ1v) is 5.03. The maximum absolute atomic E-state index is 13.3. The molecule has 94 valence electrons. The van der Waals surface area contributed by atoms with Crippen LogP contribution < -0.4 is 10.1 Å². The van der Waals surface area contributed by atoms with Gasteiger partial charge in [0.15, 0.2) is 17.4 Å². The van der Waals surface area contributed by atoms with Gasteiger partial charge in [0.25, 0.3) is 5.69 Å². The van der Waals surface area contributed by atoms with E-state index in [1.807, 2.05) is 6.92 Å². The van der Waals surface area contributed by atoms with Gasteiger partial charge in [0.1, 0.15) is 6.61 Å². The maximum Gasteiger partial charge on any atom is 0.275 e. The molecule has 0 unspecified atom stereocenters. The average molecular weight is 246 g/mol. The minimum Gasteiger partial charge on any atom is -0.486 e. The van der Waals surface area contributed by atoms with Crippen LogP contribution in [0, 0.1) is 21.7 Å². The van der Waals surface area contributed by atoms with Gasteiger partial charge in [-0.05, 0) is 6.54 Å². The Morgan fingerprint density at radius 3 is 2.47 bits per heavy atom. The fourth-order valence-electron chi connectivity index (χ4n) is 1.19. The third kappa shape index (κ3) is 3.63. The van der Waals surface area contributed by atoms with Gasteiger partial charge in [-0.1, -0.05) is 6.92 Å². The van der Waals surface area contributed by atoms with Crippen LogP contribution in [-0.4, -0.2) is 24.6 Å². The van der Waals surface area contributed by atoms with E-state index >= 15 is 0 Å². The third-order valence-corrected chi connectivity index (χ3v) is 1.97. The summed E-state index contributed by atoms with van der Waals surface area (Å²) in [5, 5.41) is 13.2. The van der Waals surface area contributed by atoms with Crippen LogP contribution in [0.25, 0.3) is 0 Å². The van der Waals surface area contributed by atoms with E-state index in [0.717, 1.165) is 0 Å². The first-order chi connectivity index (χ1) is 8.06. The molecule has 0 aliphatic heterocycles. The predicted octanol–water partition coefficient (Wildman–Crippen LogP) is 1.86. The minimum atomic E-state index is -1.08. The van der Waals surface area contributed by atoms with Crippen LogP contribution in [0.4, 0.5) is 14.5 Å². The summed E-state index contributed by atoms with van der Waals surface area (Å²) in [6, 6.07) is 1.26. The quantitative estimate of drug-likeness (QED) is 0.472. The summed E-state index contributed by atoms with van der Waals surface area (Å²) >= 11 is 0. The highest BCUT2D eigenvalue weighted by molar-refractivity contribution is 5.39. The molecule has 0 amide bonds. The fraction of sp³-hybridized carbons (Fsp3) is 0.400. The molecule has 7 heteroatoms. The van der Waals surface area contributed by atoms with Crippen molar-refractivity contribution >= 4 is 5.69 Å². The molecule has 0 saturated carbocycles. The lowest BCUT2D eigenvalue weighted by Gasteiger charge is -2.08. The Morgan fingerprint density at radius 1 is 1.41 bits per heavy atom. The van der Waals surface area contributed by atoms with Crippen molar-refractivity contribution in [1.82, 2.24) is 5.32 Å². The van der Waals surface area contributed by atoms with E-state index in [1.165, 1.54) is 0 Å². The Kier molecular flexibility index (Phi) is 4.77. The number of hydrogen-bond acceptors (Lipinski definition) is 4. The molecule has 1 aromatic carbocycles. The van der Waals surface area contributed by atoms with Crippen molar-refractivity contribution in [3.05, 3.63) is 33.9 Å². The summed E-state index contributed by atoms with van der Waals surface area (Å²) in [5.74, 6) is -2.74. The molecule has 0 spiro atoms. The molecule has 0 atom stereocenters. The van der Waals surface area contributed by atoms with Gasteiger partial charge in [-0.3, -0.25) is 10.1 Å². The fourth-order valence-corrected chi connectivity index (χ4v) is 1.19. The number of halogens is 2. The van der Waals surface area contributed by atoms with Crippen LogP contribution in [0.15, 0.2) is 12.1 Å². The Bertz CT molecular complexity index is 390. The number of nitrogens with zero attached hydrogens (tertiary/aromatic N) is 1. The molecule has 1 N–H and O–H groups in total. The van der Waals surface area contributed by atoms with Crippen LogP contribution in [-0.2, 0) is 0 Å². The molecule has 0 saturated heterocycles. The SMILES string of the molecule is CCNCCOc1c(F)cc([N+](=O)[O-])cc1F. The van der Waals surface area contributed by atoms with Crippen LogP contribution >= 0.6 is 0 Å². The highest BCUT2D eigenvalue weighted by Crippen LogP contribution is 2.26. The number of rotatable bonds is 6. The van der Waals surface area contributed by atoms with Crippen molar-refractivity contribution in [2.24, 2.45) is 0 Å². The van der Waals surface area contributed by atoms with Crippen molar-refractivity contribution in [3.8, 4) is 5.75 Å². The third-order valence-electron chi connectivity index (χ3n) is 1.97. The van der Waals surface area contributed by atoms with E-state index in [4.69, 9.17) is 4.74 Å². The zero-order valence-electron chi connectivity index (χ0n) is 9.20. The molecule has 0 aliphatic rings. The molecular formula is C10H12F2N2O3. The second-order valence-electron chi connectivity index (χ2n) is 3.20. The molecule has 0 bridgehead atoms. The first-order valence-electron chi connectivity index (χ1n) is 5.03. The van der Waals surface area contributed by atoms with E-state index in [-0.39, 0.29) is 6.61 Å². The van der Waals surface area contributed by atoms with Gasteiger partial charge in [-0.15, -0.1) is 0 Å². The van der Waals surface area contributed by atoms with Crippen LogP contribution in [0.3, 0.4) is 0 Å². The minimum absolute atomic E-state index is 0.0828. The number of nitro groups is 1. The molecule has 17 heavy (non-hydrogen) atoms.